The average Bonchev–Trinajstić information content (AvgIpc) is 2.39. The maximum Gasteiger partial charge on any atom is 0.232 e. The fourth-order valence-corrected chi connectivity index (χ4v) is 2.21. The standard InChI is InChI=1S/C16H17ClO4/c1-8(2)20-15-13(18)11-6-5-10(17)7-12(11)14(19)16(15)21-9(3)4/h5-9H,1-4H3. The van der Waals surface area contributed by atoms with Crippen molar-refractivity contribution in [2.24, 2.45) is 0 Å². The molecule has 0 amide bonds. The van der Waals surface area contributed by atoms with Gasteiger partial charge in [-0.15, -0.1) is 0 Å². The number of ether oxygens (including phenoxy) is 2. The first kappa shape index (κ1) is 15.6. The highest BCUT2D eigenvalue weighted by molar-refractivity contribution is 6.32. The second kappa shape index (κ2) is 5.90. The van der Waals surface area contributed by atoms with Crippen LogP contribution in [0.1, 0.15) is 48.4 Å². The molecule has 0 N–H and O–H groups in total. The van der Waals surface area contributed by atoms with E-state index in [1.165, 1.54) is 12.1 Å². The molecule has 0 spiro atoms. The minimum Gasteiger partial charge on any atom is -0.483 e. The van der Waals surface area contributed by atoms with Crippen LogP contribution in [0, 0.1) is 0 Å². The zero-order valence-electron chi connectivity index (χ0n) is 12.4. The van der Waals surface area contributed by atoms with Gasteiger partial charge in [0.05, 0.1) is 12.2 Å². The van der Waals surface area contributed by atoms with E-state index >= 15 is 0 Å². The van der Waals surface area contributed by atoms with E-state index in [2.05, 4.69) is 0 Å². The summed E-state index contributed by atoms with van der Waals surface area (Å²) < 4.78 is 11.1. The lowest BCUT2D eigenvalue weighted by Gasteiger charge is -2.24. The smallest absolute Gasteiger partial charge is 0.232 e. The molecule has 0 aromatic heterocycles. The van der Waals surface area contributed by atoms with Gasteiger partial charge in [0.2, 0.25) is 23.1 Å². The minimum absolute atomic E-state index is 0.0291. The monoisotopic (exact) mass is 308 g/mol. The quantitative estimate of drug-likeness (QED) is 0.849. The van der Waals surface area contributed by atoms with Gasteiger partial charge in [-0.3, -0.25) is 9.59 Å². The molecule has 0 saturated carbocycles. The van der Waals surface area contributed by atoms with Crippen molar-refractivity contribution in [3.05, 3.63) is 45.9 Å². The summed E-state index contributed by atoms with van der Waals surface area (Å²) in [5, 5.41) is 0.395. The SMILES string of the molecule is CC(C)OC1=C(OC(C)C)C(=O)c2cc(Cl)ccc2C1=O. The van der Waals surface area contributed by atoms with E-state index in [9.17, 15) is 9.59 Å². The predicted molar refractivity (Wildman–Crippen MR) is 79.6 cm³/mol. The molecule has 0 radical (unpaired) electrons. The van der Waals surface area contributed by atoms with Crippen LogP contribution in [0.3, 0.4) is 0 Å². The third-order valence-electron chi connectivity index (χ3n) is 2.80. The summed E-state index contributed by atoms with van der Waals surface area (Å²) in [4.78, 5) is 25.1. The largest absolute Gasteiger partial charge is 0.483 e. The second-order valence-corrected chi connectivity index (χ2v) is 5.78. The van der Waals surface area contributed by atoms with Crippen molar-refractivity contribution in [3.8, 4) is 0 Å². The summed E-state index contributed by atoms with van der Waals surface area (Å²) in [5.41, 5.74) is 0.537. The summed E-state index contributed by atoms with van der Waals surface area (Å²) in [6, 6.07) is 4.59. The Labute approximate surface area is 128 Å². The minimum atomic E-state index is -0.378. The van der Waals surface area contributed by atoms with Gasteiger partial charge in [-0.2, -0.15) is 0 Å². The normalized spacial score (nSPS) is 14.8. The number of allylic oxidation sites excluding steroid dienone is 2. The van der Waals surface area contributed by atoms with Gasteiger partial charge in [0.1, 0.15) is 0 Å². The summed E-state index contributed by atoms with van der Waals surface area (Å²) in [5.74, 6) is -0.806. The number of carbonyl (C=O) groups is 2. The lowest BCUT2D eigenvalue weighted by atomic mass is 9.92. The van der Waals surface area contributed by atoms with Gasteiger partial charge in [0.25, 0.3) is 0 Å². The molecule has 0 bridgehead atoms. The molecular formula is C16H17ClO4. The Morgan fingerprint density at radius 3 is 1.81 bits per heavy atom. The number of rotatable bonds is 4. The number of carbonyl (C=O) groups excluding carboxylic acids is 2. The van der Waals surface area contributed by atoms with E-state index in [1.54, 1.807) is 33.8 Å². The molecule has 1 aromatic carbocycles. The Bertz CT molecular complexity index is 629. The first-order valence-corrected chi connectivity index (χ1v) is 7.15. The highest BCUT2D eigenvalue weighted by atomic mass is 35.5. The van der Waals surface area contributed by atoms with Crippen LogP contribution in [0.15, 0.2) is 29.7 Å². The first-order valence-electron chi connectivity index (χ1n) is 6.77. The summed E-state index contributed by atoms with van der Waals surface area (Å²) >= 11 is 5.91. The third kappa shape index (κ3) is 3.10. The second-order valence-electron chi connectivity index (χ2n) is 5.34. The number of hydrogen-bond donors (Lipinski definition) is 0. The lowest BCUT2D eigenvalue weighted by Crippen LogP contribution is -2.27. The Hall–Kier alpha value is -1.81. The van der Waals surface area contributed by atoms with Crippen molar-refractivity contribution in [2.75, 3.05) is 0 Å². The molecule has 112 valence electrons. The van der Waals surface area contributed by atoms with Gasteiger partial charge in [0, 0.05) is 16.1 Å². The van der Waals surface area contributed by atoms with Gasteiger partial charge >= 0.3 is 0 Å². The van der Waals surface area contributed by atoms with Crippen LogP contribution >= 0.6 is 11.6 Å². The maximum atomic E-state index is 12.6. The van der Waals surface area contributed by atoms with Crippen molar-refractivity contribution in [1.82, 2.24) is 0 Å². The molecule has 0 heterocycles. The average molecular weight is 309 g/mol. The number of fused-ring (bicyclic) bond motifs is 1. The third-order valence-corrected chi connectivity index (χ3v) is 3.03. The summed E-state index contributed by atoms with van der Waals surface area (Å²) in [6.45, 7) is 7.14. The van der Waals surface area contributed by atoms with E-state index < -0.39 is 0 Å². The van der Waals surface area contributed by atoms with E-state index in [0.717, 1.165) is 0 Å². The fourth-order valence-electron chi connectivity index (χ4n) is 2.04. The van der Waals surface area contributed by atoms with E-state index in [-0.39, 0.29) is 46.4 Å². The first-order chi connectivity index (χ1) is 9.81. The van der Waals surface area contributed by atoms with E-state index in [1.807, 2.05) is 0 Å². The molecule has 0 atom stereocenters. The molecule has 0 fully saturated rings. The molecule has 1 aliphatic rings. The van der Waals surface area contributed by atoms with Crippen LogP contribution in [-0.2, 0) is 9.47 Å². The number of Topliss-reactive ketones (excluding diaryl/α,β-unsaturated/α-hetero) is 2. The zero-order chi connectivity index (χ0) is 15.7. The van der Waals surface area contributed by atoms with Crippen LogP contribution < -0.4 is 0 Å². The molecule has 0 unspecified atom stereocenters. The van der Waals surface area contributed by atoms with Crippen molar-refractivity contribution >= 4 is 23.2 Å². The highest BCUT2D eigenvalue weighted by Crippen LogP contribution is 2.30. The van der Waals surface area contributed by atoms with Crippen molar-refractivity contribution in [3.63, 3.8) is 0 Å². The predicted octanol–water partition coefficient (Wildman–Crippen LogP) is 3.78. The van der Waals surface area contributed by atoms with Crippen molar-refractivity contribution in [1.29, 1.82) is 0 Å². The van der Waals surface area contributed by atoms with Crippen molar-refractivity contribution < 1.29 is 19.1 Å². The molecule has 5 heteroatoms. The Kier molecular flexibility index (Phi) is 4.37. The molecule has 1 aromatic rings. The van der Waals surface area contributed by atoms with Crippen LogP contribution in [0.25, 0.3) is 0 Å². The number of halogens is 1. The molecule has 1 aliphatic carbocycles. The van der Waals surface area contributed by atoms with Gasteiger partial charge in [-0.1, -0.05) is 11.6 Å². The van der Waals surface area contributed by atoms with Crippen LogP contribution in [0.5, 0.6) is 0 Å². The Morgan fingerprint density at radius 1 is 0.857 bits per heavy atom. The number of benzene rings is 1. The van der Waals surface area contributed by atoms with E-state index in [4.69, 9.17) is 21.1 Å². The van der Waals surface area contributed by atoms with Crippen molar-refractivity contribution in [2.45, 2.75) is 39.9 Å². The summed E-state index contributed by atoms with van der Waals surface area (Å²) in [6.07, 6.45) is -0.486. The molecule has 21 heavy (non-hydrogen) atoms. The number of ketones is 2. The highest BCUT2D eigenvalue weighted by Gasteiger charge is 2.36. The maximum absolute atomic E-state index is 12.6. The van der Waals surface area contributed by atoms with Gasteiger partial charge < -0.3 is 9.47 Å². The van der Waals surface area contributed by atoms with Crippen LogP contribution in [0.4, 0.5) is 0 Å². The Balaban J connectivity index is 2.58. The van der Waals surface area contributed by atoms with Gasteiger partial charge in [0.15, 0.2) is 0 Å². The van der Waals surface area contributed by atoms with Gasteiger partial charge in [-0.25, -0.2) is 0 Å². The molecule has 2 rings (SSSR count). The fraction of sp³-hybridized carbons (Fsp3) is 0.375. The zero-order valence-corrected chi connectivity index (χ0v) is 13.2. The van der Waals surface area contributed by atoms with Crippen LogP contribution in [0.2, 0.25) is 5.02 Å². The van der Waals surface area contributed by atoms with Crippen LogP contribution in [-0.4, -0.2) is 23.8 Å². The summed E-state index contributed by atoms with van der Waals surface area (Å²) in [7, 11) is 0. The topological polar surface area (TPSA) is 52.6 Å². The molecular weight excluding hydrogens is 292 g/mol. The Morgan fingerprint density at radius 2 is 1.33 bits per heavy atom. The molecule has 0 saturated heterocycles. The molecule has 0 aliphatic heterocycles. The number of hydrogen-bond acceptors (Lipinski definition) is 4. The van der Waals surface area contributed by atoms with E-state index in [0.29, 0.717) is 5.02 Å². The molecule has 4 nitrogen and oxygen atoms in total. The lowest BCUT2D eigenvalue weighted by molar-refractivity contribution is 0.0594. The van der Waals surface area contributed by atoms with Gasteiger partial charge in [-0.05, 0) is 45.9 Å².